The summed E-state index contributed by atoms with van der Waals surface area (Å²) in [5.74, 6) is -2.05. The summed E-state index contributed by atoms with van der Waals surface area (Å²) in [6.45, 7) is 3.72. The Balaban J connectivity index is 3.25. The Morgan fingerprint density at radius 3 is 2.20 bits per heavy atom. The molecular formula is C12H20O6S2. The zero-order valence-electron chi connectivity index (χ0n) is 11.7. The minimum Gasteiger partial charge on any atom is -0.462 e. The Morgan fingerprint density at radius 1 is 1.05 bits per heavy atom. The van der Waals surface area contributed by atoms with Crippen molar-refractivity contribution in [3.05, 3.63) is 9.81 Å². The lowest BCUT2D eigenvalue weighted by Crippen LogP contribution is -2.32. The highest BCUT2D eigenvalue weighted by Crippen LogP contribution is 2.29. The van der Waals surface area contributed by atoms with E-state index in [1.807, 2.05) is 6.92 Å². The Hall–Kier alpha value is -0.890. The molecule has 0 spiro atoms. The zero-order valence-corrected chi connectivity index (χ0v) is 13.3. The summed E-state index contributed by atoms with van der Waals surface area (Å²) in [6, 6.07) is 0. The maximum atomic E-state index is 12.0. The maximum absolute atomic E-state index is 12.0. The highest BCUT2D eigenvalue weighted by atomic mass is 32.2. The minimum atomic E-state index is -3.88. The van der Waals surface area contributed by atoms with E-state index in [1.54, 1.807) is 6.92 Å². The van der Waals surface area contributed by atoms with Crippen LogP contribution in [0.1, 0.15) is 39.5 Å². The number of sulfone groups is 2. The standard InChI is InChI=1S/C12H20O6S2/c1-3-5-7-18-12(13)11-10(6-4-2)19(14,15)8-9-20(11,16)17/h3-9H2,1-2H3. The molecule has 0 unspecified atom stereocenters. The van der Waals surface area contributed by atoms with Gasteiger partial charge in [-0.2, -0.15) is 0 Å². The second kappa shape index (κ2) is 6.71. The van der Waals surface area contributed by atoms with Gasteiger partial charge in [-0.25, -0.2) is 21.6 Å². The molecule has 116 valence electrons. The van der Waals surface area contributed by atoms with Crippen LogP contribution in [0.25, 0.3) is 0 Å². The van der Waals surface area contributed by atoms with Gasteiger partial charge in [0.1, 0.15) is 0 Å². The van der Waals surface area contributed by atoms with Gasteiger partial charge in [0.25, 0.3) is 0 Å². The average Bonchev–Trinajstić information content (AvgIpc) is 2.35. The summed E-state index contributed by atoms with van der Waals surface area (Å²) in [5, 5.41) is 0. The topological polar surface area (TPSA) is 94.6 Å². The summed E-state index contributed by atoms with van der Waals surface area (Å²) in [5.41, 5.74) is 0. The number of ether oxygens (including phenoxy) is 1. The predicted octanol–water partition coefficient (Wildman–Crippen LogP) is 1.18. The van der Waals surface area contributed by atoms with Crippen molar-refractivity contribution in [2.45, 2.75) is 39.5 Å². The third-order valence-corrected chi connectivity index (χ3v) is 7.02. The number of unbranched alkanes of at least 4 members (excludes halogenated alkanes) is 1. The van der Waals surface area contributed by atoms with Gasteiger partial charge in [-0.3, -0.25) is 0 Å². The van der Waals surface area contributed by atoms with Crippen LogP contribution < -0.4 is 0 Å². The lowest BCUT2D eigenvalue weighted by molar-refractivity contribution is -0.138. The second-order valence-electron chi connectivity index (χ2n) is 4.63. The summed E-state index contributed by atoms with van der Waals surface area (Å²) < 4.78 is 52.8. The van der Waals surface area contributed by atoms with E-state index in [2.05, 4.69) is 0 Å². The van der Waals surface area contributed by atoms with Crippen LogP contribution in [-0.2, 0) is 29.2 Å². The molecule has 0 radical (unpaired) electrons. The summed E-state index contributed by atoms with van der Waals surface area (Å²) in [4.78, 5) is 11.0. The number of esters is 1. The average molecular weight is 324 g/mol. The molecule has 8 heteroatoms. The van der Waals surface area contributed by atoms with Crippen molar-refractivity contribution in [1.29, 1.82) is 0 Å². The monoisotopic (exact) mass is 324 g/mol. The molecule has 20 heavy (non-hydrogen) atoms. The number of rotatable bonds is 6. The first-order valence-corrected chi connectivity index (χ1v) is 9.92. The maximum Gasteiger partial charge on any atom is 0.350 e. The number of carbonyl (C=O) groups excluding carboxylic acids is 1. The zero-order chi connectivity index (χ0) is 15.4. The molecule has 1 heterocycles. The second-order valence-corrected chi connectivity index (χ2v) is 8.81. The van der Waals surface area contributed by atoms with E-state index in [4.69, 9.17) is 4.74 Å². The molecule has 1 rings (SSSR count). The SMILES string of the molecule is CCCCOC(=O)C1=C(CCC)S(=O)(=O)CCS1(=O)=O. The molecule has 0 aliphatic carbocycles. The van der Waals surface area contributed by atoms with Crippen LogP contribution in [0.5, 0.6) is 0 Å². The van der Waals surface area contributed by atoms with Crippen LogP contribution in [-0.4, -0.2) is 40.9 Å². The molecule has 0 aromatic carbocycles. The van der Waals surface area contributed by atoms with Crippen molar-refractivity contribution in [2.24, 2.45) is 0 Å². The molecule has 0 saturated carbocycles. The number of hydrogen-bond donors (Lipinski definition) is 0. The van der Waals surface area contributed by atoms with E-state index in [0.717, 1.165) is 6.42 Å². The van der Waals surface area contributed by atoms with Gasteiger partial charge < -0.3 is 4.74 Å². The molecule has 0 amide bonds. The summed E-state index contributed by atoms with van der Waals surface area (Å²) in [6.07, 6.45) is 1.88. The normalized spacial score (nSPS) is 20.7. The van der Waals surface area contributed by atoms with E-state index in [1.165, 1.54) is 0 Å². The van der Waals surface area contributed by atoms with Crippen LogP contribution in [0.15, 0.2) is 9.81 Å². The molecule has 0 N–H and O–H groups in total. The van der Waals surface area contributed by atoms with Crippen molar-refractivity contribution in [3.8, 4) is 0 Å². The van der Waals surface area contributed by atoms with Crippen LogP contribution in [0.2, 0.25) is 0 Å². The highest BCUT2D eigenvalue weighted by molar-refractivity contribution is 8.02. The highest BCUT2D eigenvalue weighted by Gasteiger charge is 2.40. The number of hydrogen-bond acceptors (Lipinski definition) is 6. The van der Waals surface area contributed by atoms with Crippen LogP contribution in [0.4, 0.5) is 0 Å². The fourth-order valence-electron chi connectivity index (χ4n) is 1.87. The fourth-order valence-corrected chi connectivity index (χ4v) is 6.48. The van der Waals surface area contributed by atoms with Gasteiger partial charge in [-0.15, -0.1) is 0 Å². The fraction of sp³-hybridized carbons (Fsp3) is 0.750. The first-order valence-electron chi connectivity index (χ1n) is 6.62. The van der Waals surface area contributed by atoms with Crippen LogP contribution in [0.3, 0.4) is 0 Å². The van der Waals surface area contributed by atoms with E-state index in [0.29, 0.717) is 12.8 Å². The summed E-state index contributed by atoms with van der Waals surface area (Å²) >= 11 is 0. The van der Waals surface area contributed by atoms with Crippen LogP contribution >= 0.6 is 0 Å². The van der Waals surface area contributed by atoms with Gasteiger partial charge in [-0.1, -0.05) is 26.7 Å². The smallest absolute Gasteiger partial charge is 0.350 e. The van der Waals surface area contributed by atoms with E-state index < -0.39 is 42.1 Å². The Kier molecular flexibility index (Phi) is 5.76. The quantitative estimate of drug-likeness (QED) is 0.538. The first-order chi connectivity index (χ1) is 9.26. The van der Waals surface area contributed by atoms with Crippen molar-refractivity contribution in [2.75, 3.05) is 18.1 Å². The van der Waals surface area contributed by atoms with E-state index in [9.17, 15) is 21.6 Å². The first kappa shape index (κ1) is 17.2. The molecule has 0 saturated heterocycles. The van der Waals surface area contributed by atoms with Crippen molar-refractivity contribution >= 4 is 25.6 Å². The van der Waals surface area contributed by atoms with Crippen LogP contribution in [0, 0.1) is 0 Å². The molecule has 6 nitrogen and oxygen atoms in total. The lowest BCUT2D eigenvalue weighted by atomic mass is 10.3. The molecule has 1 aliphatic rings. The lowest BCUT2D eigenvalue weighted by Gasteiger charge is -2.19. The Morgan fingerprint density at radius 2 is 1.65 bits per heavy atom. The third-order valence-electron chi connectivity index (χ3n) is 2.95. The van der Waals surface area contributed by atoms with Gasteiger partial charge in [0.05, 0.1) is 23.0 Å². The molecule has 0 aromatic rings. The van der Waals surface area contributed by atoms with Gasteiger partial charge >= 0.3 is 5.97 Å². The molecule has 0 bridgehead atoms. The Bertz CT molecular complexity index is 598. The van der Waals surface area contributed by atoms with Crippen molar-refractivity contribution < 1.29 is 26.4 Å². The van der Waals surface area contributed by atoms with Crippen molar-refractivity contribution in [3.63, 3.8) is 0 Å². The molecule has 1 aliphatic heterocycles. The van der Waals surface area contributed by atoms with Crippen molar-refractivity contribution in [1.82, 2.24) is 0 Å². The number of allylic oxidation sites excluding steroid dienone is 1. The third kappa shape index (κ3) is 3.82. The largest absolute Gasteiger partial charge is 0.462 e. The van der Waals surface area contributed by atoms with Gasteiger partial charge in [0.15, 0.2) is 24.6 Å². The molecule has 0 atom stereocenters. The van der Waals surface area contributed by atoms with Gasteiger partial charge in [0, 0.05) is 0 Å². The van der Waals surface area contributed by atoms with E-state index >= 15 is 0 Å². The molecular weight excluding hydrogens is 304 g/mol. The number of carbonyl (C=O) groups is 1. The predicted molar refractivity (Wildman–Crippen MR) is 75.4 cm³/mol. The Labute approximate surface area is 120 Å². The molecule has 0 aromatic heterocycles. The molecule has 0 fully saturated rings. The van der Waals surface area contributed by atoms with E-state index in [-0.39, 0.29) is 17.9 Å². The minimum absolute atomic E-state index is 0.0414. The summed E-state index contributed by atoms with van der Waals surface area (Å²) in [7, 11) is -7.56. The van der Waals surface area contributed by atoms with Gasteiger partial charge in [0.2, 0.25) is 0 Å². The van der Waals surface area contributed by atoms with Gasteiger partial charge in [-0.05, 0) is 12.8 Å².